The standard InChI is InChI=1S/C10H15N3O2/c1-13-5-4-9(12-13)10(14)11-7-8-3-2-6-15-8/h4-5,8H,2-3,6-7H2,1H3,(H,11,14)/t8-/m1/s1. The van der Waals surface area contributed by atoms with Gasteiger partial charge in [-0.2, -0.15) is 5.10 Å². The van der Waals surface area contributed by atoms with Gasteiger partial charge in [-0.05, 0) is 18.9 Å². The highest BCUT2D eigenvalue weighted by atomic mass is 16.5. The summed E-state index contributed by atoms with van der Waals surface area (Å²) in [5.74, 6) is -0.133. The maximum Gasteiger partial charge on any atom is 0.271 e. The van der Waals surface area contributed by atoms with Crippen molar-refractivity contribution >= 4 is 5.91 Å². The van der Waals surface area contributed by atoms with Crippen molar-refractivity contribution in [3.05, 3.63) is 18.0 Å². The van der Waals surface area contributed by atoms with E-state index in [1.807, 2.05) is 0 Å². The average molecular weight is 209 g/mol. The fourth-order valence-corrected chi connectivity index (χ4v) is 1.64. The van der Waals surface area contributed by atoms with E-state index in [1.165, 1.54) is 0 Å². The van der Waals surface area contributed by atoms with Crippen LogP contribution in [0, 0.1) is 0 Å². The smallest absolute Gasteiger partial charge is 0.271 e. The largest absolute Gasteiger partial charge is 0.376 e. The zero-order valence-corrected chi connectivity index (χ0v) is 8.77. The zero-order chi connectivity index (χ0) is 10.7. The maximum atomic E-state index is 11.6. The number of rotatable bonds is 3. The lowest BCUT2D eigenvalue weighted by Gasteiger charge is -2.09. The van der Waals surface area contributed by atoms with Crippen molar-refractivity contribution < 1.29 is 9.53 Å². The van der Waals surface area contributed by atoms with Gasteiger partial charge in [0.25, 0.3) is 5.91 Å². The maximum absolute atomic E-state index is 11.6. The third-order valence-corrected chi connectivity index (χ3v) is 2.46. The highest BCUT2D eigenvalue weighted by molar-refractivity contribution is 5.92. The molecule has 0 saturated carbocycles. The van der Waals surface area contributed by atoms with Crippen LogP contribution < -0.4 is 5.32 Å². The first-order chi connectivity index (χ1) is 7.25. The highest BCUT2D eigenvalue weighted by Crippen LogP contribution is 2.10. The Morgan fingerprint density at radius 2 is 2.67 bits per heavy atom. The molecule has 0 spiro atoms. The lowest BCUT2D eigenvalue weighted by molar-refractivity contribution is 0.0853. The van der Waals surface area contributed by atoms with E-state index in [1.54, 1.807) is 24.0 Å². The Labute approximate surface area is 88.4 Å². The minimum absolute atomic E-state index is 0.133. The van der Waals surface area contributed by atoms with Crippen LogP contribution in [0.15, 0.2) is 12.3 Å². The highest BCUT2D eigenvalue weighted by Gasteiger charge is 2.17. The van der Waals surface area contributed by atoms with Gasteiger partial charge in [0.2, 0.25) is 0 Å². The first kappa shape index (κ1) is 10.2. The van der Waals surface area contributed by atoms with Gasteiger partial charge >= 0.3 is 0 Å². The van der Waals surface area contributed by atoms with Gasteiger partial charge in [0.15, 0.2) is 0 Å². The van der Waals surface area contributed by atoms with Crippen LogP contribution in [0.25, 0.3) is 0 Å². The lowest BCUT2D eigenvalue weighted by atomic mass is 10.2. The number of nitrogens with zero attached hydrogens (tertiary/aromatic N) is 2. The Hall–Kier alpha value is -1.36. The zero-order valence-electron chi connectivity index (χ0n) is 8.77. The molecule has 5 nitrogen and oxygen atoms in total. The number of amides is 1. The molecule has 1 N–H and O–H groups in total. The molecule has 2 heterocycles. The van der Waals surface area contributed by atoms with Crippen molar-refractivity contribution in [3.8, 4) is 0 Å². The molecule has 1 aromatic rings. The van der Waals surface area contributed by atoms with E-state index in [0.29, 0.717) is 12.2 Å². The van der Waals surface area contributed by atoms with Gasteiger partial charge in [-0.15, -0.1) is 0 Å². The normalized spacial score (nSPS) is 20.5. The summed E-state index contributed by atoms with van der Waals surface area (Å²) in [7, 11) is 1.79. The third kappa shape index (κ3) is 2.56. The van der Waals surface area contributed by atoms with E-state index < -0.39 is 0 Å². The van der Waals surface area contributed by atoms with Crippen molar-refractivity contribution in [3.63, 3.8) is 0 Å². The van der Waals surface area contributed by atoms with Crippen LogP contribution in [0.2, 0.25) is 0 Å². The van der Waals surface area contributed by atoms with E-state index in [2.05, 4.69) is 10.4 Å². The van der Waals surface area contributed by atoms with Gasteiger partial charge in [-0.1, -0.05) is 0 Å². The van der Waals surface area contributed by atoms with E-state index in [9.17, 15) is 4.79 Å². The van der Waals surface area contributed by atoms with Crippen LogP contribution in [0.4, 0.5) is 0 Å². The van der Waals surface area contributed by atoms with E-state index in [4.69, 9.17) is 4.74 Å². The molecule has 1 fully saturated rings. The number of hydrogen-bond donors (Lipinski definition) is 1. The fourth-order valence-electron chi connectivity index (χ4n) is 1.64. The molecule has 82 valence electrons. The molecule has 1 amide bonds. The molecule has 1 aliphatic rings. The van der Waals surface area contributed by atoms with E-state index >= 15 is 0 Å². The number of aryl methyl sites for hydroxylation is 1. The summed E-state index contributed by atoms with van der Waals surface area (Å²) >= 11 is 0. The predicted octanol–water partition coefficient (Wildman–Crippen LogP) is 0.329. The first-order valence-corrected chi connectivity index (χ1v) is 5.15. The monoisotopic (exact) mass is 209 g/mol. The van der Waals surface area contributed by atoms with Crippen molar-refractivity contribution in [2.75, 3.05) is 13.2 Å². The number of aromatic nitrogens is 2. The topological polar surface area (TPSA) is 56.2 Å². The molecular formula is C10H15N3O2. The fraction of sp³-hybridized carbons (Fsp3) is 0.600. The van der Waals surface area contributed by atoms with Crippen LogP contribution in [0.3, 0.4) is 0 Å². The number of nitrogens with one attached hydrogen (secondary N) is 1. The summed E-state index contributed by atoms with van der Waals surface area (Å²) in [5, 5.41) is 6.83. The van der Waals surface area contributed by atoms with Crippen molar-refractivity contribution in [2.24, 2.45) is 7.05 Å². The summed E-state index contributed by atoms with van der Waals surface area (Å²) in [6.07, 6.45) is 4.05. The quantitative estimate of drug-likeness (QED) is 0.780. The second-order valence-electron chi connectivity index (χ2n) is 3.72. The molecule has 1 aromatic heterocycles. The van der Waals surface area contributed by atoms with Crippen molar-refractivity contribution in [1.29, 1.82) is 0 Å². The third-order valence-electron chi connectivity index (χ3n) is 2.46. The molecule has 0 bridgehead atoms. The van der Waals surface area contributed by atoms with Crippen LogP contribution in [-0.4, -0.2) is 34.9 Å². The summed E-state index contributed by atoms with van der Waals surface area (Å²) in [6, 6.07) is 1.70. The van der Waals surface area contributed by atoms with Gasteiger partial charge < -0.3 is 10.1 Å². The summed E-state index contributed by atoms with van der Waals surface area (Å²) in [5.41, 5.74) is 0.454. The number of carbonyl (C=O) groups is 1. The second kappa shape index (κ2) is 4.44. The van der Waals surface area contributed by atoms with Gasteiger partial charge in [0.1, 0.15) is 5.69 Å². The number of ether oxygens (including phenoxy) is 1. The van der Waals surface area contributed by atoms with Crippen molar-refractivity contribution in [1.82, 2.24) is 15.1 Å². The molecule has 1 atom stereocenters. The van der Waals surface area contributed by atoms with Crippen LogP contribution in [0.1, 0.15) is 23.3 Å². The van der Waals surface area contributed by atoms with E-state index in [-0.39, 0.29) is 12.0 Å². The van der Waals surface area contributed by atoms with E-state index in [0.717, 1.165) is 19.4 Å². The Morgan fingerprint density at radius 1 is 1.80 bits per heavy atom. The molecule has 0 aliphatic carbocycles. The predicted molar refractivity (Wildman–Crippen MR) is 54.5 cm³/mol. The van der Waals surface area contributed by atoms with Gasteiger partial charge in [-0.3, -0.25) is 9.48 Å². The lowest BCUT2D eigenvalue weighted by Crippen LogP contribution is -2.32. The number of hydrogen-bond acceptors (Lipinski definition) is 3. The van der Waals surface area contributed by atoms with Crippen molar-refractivity contribution in [2.45, 2.75) is 18.9 Å². The molecule has 5 heteroatoms. The molecular weight excluding hydrogens is 194 g/mol. The van der Waals surface area contributed by atoms with Crippen LogP contribution >= 0.6 is 0 Å². The average Bonchev–Trinajstić information content (AvgIpc) is 2.84. The molecule has 15 heavy (non-hydrogen) atoms. The SMILES string of the molecule is Cn1ccc(C(=O)NC[C@H]2CCCO2)n1. The Balaban J connectivity index is 1.81. The molecule has 0 unspecified atom stereocenters. The number of carbonyl (C=O) groups excluding carboxylic acids is 1. The van der Waals surface area contributed by atoms with Gasteiger partial charge in [0.05, 0.1) is 6.10 Å². The Kier molecular flexibility index (Phi) is 3.01. The molecule has 1 saturated heterocycles. The summed E-state index contributed by atoms with van der Waals surface area (Å²) in [4.78, 5) is 11.6. The van der Waals surface area contributed by atoms with Crippen LogP contribution in [-0.2, 0) is 11.8 Å². The summed E-state index contributed by atoms with van der Waals surface area (Å²) < 4.78 is 7.02. The molecule has 1 aliphatic heterocycles. The first-order valence-electron chi connectivity index (χ1n) is 5.15. The van der Waals surface area contributed by atoms with Crippen LogP contribution in [0.5, 0.6) is 0 Å². The molecule has 2 rings (SSSR count). The molecule has 0 aromatic carbocycles. The second-order valence-corrected chi connectivity index (χ2v) is 3.72. The summed E-state index contributed by atoms with van der Waals surface area (Å²) in [6.45, 7) is 1.39. The van der Waals surface area contributed by atoms with Gasteiger partial charge in [0, 0.05) is 26.4 Å². The van der Waals surface area contributed by atoms with Gasteiger partial charge in [-0.25, -0.2) is 0 Å². The minimum Gasteiger partial charge on any atom is -0.376 e. The Bertz CT molecular complexity index is 342. The molecule has 0 radical (unpaired) electrons. The Morgan fingerprint density at radius 3 is 3.27 bits per heavy atom. The minimum atomic E-state index is -0.133.